The highest BCUT2D eigenvalue weighted by Crippen LogP contribution is 2.36. The molecule has 2 fully saturated rings. The number of alkyl carbamates (subject to hydrolysis) is 1. The van der Waals surface area contributed by atoms with Gasteiger partial charge in [-0.3, -0.25) is 4.79 Å². The Morgan fingerprint density at radius 1 is 1.18 bits per heavy atom. The van der Waals surface area contributed by atoms with E-state index in [0.717, 1.165) is 18.3 Å². The van der Waals surface area contributed by atoms with Gasteiger partial charge in [0.2, 0.25) is 11.9 Å². The molecule has 188 valence electrons. The number of aromatic nitrogens is 2. The van der Waals surface area contributed by atoms with Gasteiger partial charge in [-0.25, -0.2) is 14.8 Å². The number of anilines is 1. The number of hydrogen-bond acceptors (Lipinski definition) is 8. The van der Waals surface area contributed by atoms with Gasteiger partial charge in [0.15, 0.2) is 0 Å². The highest BCUT2D eigenvalue weighted by Gasteiger charge is 2.52. The smallest absolute Gasteiger partial charge is 0.444 e. The molecule has 0 saturated carbocycles. The van der Waals surface area contributed by atoms with Crippen molar-refractivity contribution in [1.82, 2.24) is 20.2 Å². The standard InChI is InChI=1S/C23H38BN5O5/c1-15(27-20(31)32-21(2,3)4)18(30)29-11-9-10-17(14-29)28-19-25-12-16(13-26-19)24-33-22(5,6)23(7,8)34-24/h12-13,15,17H,9-11,14H2,1-8H3,(H,27,31)(H,25,26,28)/t15-,17+/m0/s1. The second kappa shape index (κ2) is 9.69. The van der Waals surface area contributed by atoms with Crippen LogP contribution in [0.15, 0.2) is 12.4 Å². The lowest BCUT2D eigenvalue weighted by atomic mass is 9.81. The summed E-state index contributed by atoms with van der Waals surface area (Å²) in [4.78, 5) is 35.5. The highest BCUT2D eigenvalue weighted by molar-refractivity contribution is 6.61. The summed E-state index contributed by atoms with van der Waals surface area (Å²) in [6, 6.07) is -0.668. The molecule has 2 atom stereocenters. The number of rotatable bonds is 5. The van der Waals surface area contributed by atoms with Crippen molar-refractivity contribution in [3.8, 4) is 0 Å². The van der Waals surface area contributed by atoms with Crippen LogP contribution >= 0.6 is 0 Å². The molecule has 2 saturated heterocycles. The van der Waals surface area contributed by atoms with Crippen molar-refractivity contribution in [3.63, 3.8) is 0 Å². The number of piperidine rings is 1. The zero-order valence-electron chi connectivity index (χ0n) is 21.6. The number of ether oxygens (including phenoxy) is 1. The second-order valence-corrected chi connectivity index (χ2v) is 11.1. The van der Waals surface area contributed by atoms with Crippen LogP contribution in [0, 0.1) is 0 Å². The molecule has 0 bridgehead atoms. The summed E-state index contributed by atoms with van der Waals surface area (Å²) in [6.07, 6.45) is 4.54. The van der Waals surface area contributed by atoms with Gasteiger partial charge in [-0.15, -0.1) is 0 Å². The van der Waals surface area contributed by atoms with Crippen molar-refractivity contribution in [2.24, 2.45) is 0 Å². The summed E-state index contributed by atoms with van der Waals surface area (Å²) in [7, 11) is -0.513. The lowest BCUT2D eigenvalue weighted by Crippen LogP contribution is -2.52. The van der Waals surface area contributed by atoms with Crippen LogP contribution in [-0.2, 0) is 18.8 Å². The molecule has 3 rings (SSSR count). The third-order valence-corrected chi connectivity index (χ3v) is 6.37. The van der Waals surface area contributed by atoms with Crippen molar-refractivity contribution in [1.29, 1.82) is 0 Å². The Hall–Kier alpha value is -2.40. The number of carbonyl (C=O) groups is 2. The number of nitrogens with zero attached hydrogens (tertiary/aromatic N) is 3. The molecule has 0 spiro atoms. The minimum atomic E-state index is -0.677. The molecule has 1 aromatic heterocycles. The maximum atomic E-state index is 12.9. The van der Waals surface area contributed by atoms with Crippen LogP contribution in [0.4, 0.5) is 10.7 Å². The topological polar surface area (TPSA) is 115 Å². The van der Waals surface area contributed by atoms with Gasteiger partial charge in [0, 0.05) is 37.0 Å². The molecule has 2 aliphatic heterocycles. The first-order valence-electron chi connectivity index (χ1n) is 11.9. The Kier molecular flexibility index (Phi) is 7.47. The van der Waals surface area contributed by atoms with Gasteiger partial charge in [0.05, 0.1) is 11.2 Å². The van der Waals surface area contributed by atoms with Crippen LogP contribution in [0.3, 0.4) is 0 Å². The van der Waals surface area contributed by atoms with Crippen LogP contribution in [0.5, 0.6) is 0 Å². The molecular weight excluding hydrogens is 437 g/mol. The van der Waals surface area contributed by atoms with E-state index in [-0.39, 0.29) is 11.9 Å². The monoisotopic (exact) mass is 475 g/mol. The maximum Gasteiger partial charge on any atom is 0.498 e. The number of amides is 2. The Balaban J connectivity index is 1.54. The first kappa shape index (κ1) is 26.2. The van der Waals surface area contributed by atoms with E-state index in [9.17, 15) is 9.59 Å². The molecule has 1 aromatic rings. The molecular formula is C23H38BN5O5. The molecule has 0 radical (unpaired) electrons. The normalized spacial score (nSPS) is 22.8. The molecule has 11 heteroatoms. The van der Waals surface area contributed by atoms with Crippen molar-refractivity contribution in [2.75, 3.05) is 18.4 Å². The van der Waals surface area contributed by atoms with Gasteiger partial charge in [-0.1, -0.05) is 0 Å². The third kappa shape index (κ3) is 6.38. The Morgan fingerprint density at radius 2 is 1.76 bits per heavy atom. The Labute approximate surface area is 202 Å². The van der Waals surface area contributed by atoms with Gasteiger partial charge in [-0.05, 0) is 68.2 Å². The van der Waals surface area contributed by atoms with Crippen LogP contribution in [-0.4, -0.2) is 76.0 Å². The fourth-order valence-electron chi connectivity index (χ4n) is 3.81. The zero-order chi connectivity index (χ0) is 25.3. The summed E-state index contributed by atoms with van der Waals surface area (Å²) in [5.74, 6) is 0.342. The summed E-state index contributed by atoms with van der Waals surface area (Å²) >= 11 is 0. The lowest BCUT2D eigenvalue weighted by Gasteiger charge is -2.34. The quantitative estimate of drug-likeness (QED) is 0.623. The number of likely N-dealkylation sites (tertiary alicyclic amines) is 1. The van der Waals surface area contributed by atoms with Gasteiger partial charge < -0.3 is 29.6 Å². The lowest BCUT2D eigenvalue weighted by molar-refractivity contribution is -0.134. The van der Waals surface area contributed by atoms with Gasteiger partial charge in [0.25, 0.3) is 0 Å². The first-order valence-corrected chi connectivity index (χ1v) is 11.9. The molecule has 0 aliphatic carbocycles. The molecule has 3 heterocycles. The van der Waals surface area contributed by atoms with E-state index >= 15 is 0 Å². The molecule has 2 amide bonds. The molecule has 2 N–H and O–H groups in total. The van der Waals surface area contributed by atoms with Gasteiger partial charge in [0.1, 0.15) is 11.6 Å². The largest absolute Gasteiger partial charge is 0.498 e. The van der Waals surface area contributed by atoms with E-state index in [1.54, 1.807) is 45.0 Å². The Morgan fingerprint density at radius 3 is 2.32 bits per heavy atom. The SMILES string of the molecule is C[C@H](NC(=O)OC(C)(C)C)C(=O)N1CCC[C@@H](Nc2ncc(B3OC(C)(C)C(C)(C)O3)cn2)C1. The van der Waals surface area contributed by atoms with Crippen molar-refractivity contribution >= 4 is 30.5 Å². The second-order valence-electron chi connectivity index (χ2n) is 11.1. The van der Waals surface area contributed by atoms with Gasteiger partial charge >= 0.3 is 13.2 Å². The van der Waals surface area contributed by atoms with Crippen LogP contribution in [0.2, 0.25) is 0 Å². The summed E-state index contributed by atoms with van der Waals surface area (Å²) < 4.78 is 17.3. The van der Waals surface area contributed by atoms with Crippen LogP contribution < -0.4 is 16.1 Å². The summed E-state index contributed by atoms with van der Waals surface area (Å²) in [5, 5.41) is 5.94. The maximum absolute atomic E-state index is 12.9. The molecule has 0 aromatic carbocycles. The predicted octanol–water partition coefficient (Wildman–Crippen LogP) is 2.09. The van der Waals surface area contributed by atoms with E-state index in [1.807, 2.05) is 27.7 Å². The fourth-order valence-corrected chi connectivity index (χ4v) is 3.81. The van der Waals surface area contributed by atoms with Crippen LogP contribution in [0.25, 0.3) is 0 Å². The van der Waals surface area contributed by atoms with E-state index < -0.39 is 36.1 Å². The summed E-state index contributed by atoms with van der Waals surface area (Å²) in [5.41, 5.74) is -0.721. The number of carbonyl (C=O) groups excluding carboxylic acids is 2. The van der Waals surface area contributed by atoms with E-state index in [0.29, 0.717) is 19.0 Å². The predicted molar refractivity (Wildman–Crippen MR) is 130 cm³/mol. The average molecular weight is 475 g/mol. The van der Waals surface area contributed by atoms with Gasteiger partial charge in [-0.2, -0.15) is 0 Å². The average Bonchev–Trinajstić information content (AvgIpc) is 2.93. The number of hydrogen-bond donors (Lipinski definition) is 2. The summed E-state index contributed by atoms with van der Waals surface area (Å²) in [6.45, 7) is 16.2. The first-order chi connectivity index (χ1) is 15.7. The van der Waals surface area contributed by atoms with Crippen molar-refractivity contribution < 1.29 is 23.6 Å². The third-order valence-electron chi connectivity index (χ3n) is 6.37. The number of nitrogens with one attached hydrogen (secondary N) is 2. The Bertz CT molecular complexity index is 871. The molecule has 0 unspecified atom stereocenters. The van der Waals surface area contributed by atoms with E-state index in [1.165, 1.54) is 0 Å². The van der Waals surface area contributed by atoms with E-state index in [4.69, 9.17) is 14.0 Å². The molecule has 2 aliphatic rings. The highest BCUT2D eigenvalue weighted by atomic mass is 16.7. The van der Waals surface area contributed by atoms with Crippen molar-refractivity contribution in [3.05, 3.63) is 12.4 Å². The van der Waals surface area contributed by atoms with Crippen molar-refractivity contribution in [2.45, 2.75) is 97.1 Å². The minimum Gasteiger partial charge on any atom is -0.444 e. The van der Waals surface area contributed by atoms with E-state index in [2.05, 4.69) is 20.6 Å². The van der Waals surface area contributed by atoms with Crippen LogP contribution in [0.1, 0.15) is 68.2 Å². The minimum absolute atomic E-state index is 0.00845. The molecule has 34 heavy (non-hydrogen) atoms. The fraction of sp³-hybridized carbons (Fsp3) is 0.739. The zero-order valence-corrected chi connectivity index (χ0v) is 21.6. The molecule has 10 nitrogen and oxygen atoms in total.